The Morgan fingerprint density at radius 2 is 2.12 bits per heavy atom. The Labute approximate surface area is 142 Å². The maximum atomic E-state index is 12.7. The van der Waals surface area contributed by atoms with Crippen LogP contribution in [-0.4, -0.2) is 48.0 Å². The predicted octanol–water partition coefficient (Wildman–Crippen LogP) is 2.29. The molecule has 0 aliphatic carbocycles. The molecule has 3 rings (SSSR count). The summed E-state index contributed by atoms with van der Waals surface area (Å²) in [6.45, 7) is 1.09. The standard InChI is InChI=1S/C18H22N4O2/c1-21(17-12-19-9-10-20-17)13-18(23)22-11-3-4-16(22)14-5-7-15(24-2)8-6-14/h5-10,12,16H,3-4,11,13H2,1-2H3/t16-/m0/s1. The number of aromatic nitrogens is 2. The lowest BCUT2D eigenvalue weighted by molar-refractivity contribution is -0.130. The van der Waals surface area contributed by atoms with Gasteiger partial charge in [-0.1, -0.05) is 12.1 Å². The van der Waals surface area contributed by atoms with E-state index in [9.17, 15) is 4.79 Å². The highest BCUT2D eigenvalue weighted by molar-refractivity contribution is 5.81. The maximum Gasteiger partial charge on any atom is 0.242 e. The highest BCUT2D eigenvalue weighted by Gasteiger charge is 2.30. The van der Waals surface area contributed by atoms with Gasteiger partial charge in [-0.2, -0.15) is 0 Å². The number of methoxy groups -OCH3 is 1. The number of anilines is 1. The average molecular weight is 326 g/mol. The monoisotopic (exact) mass is 326 g/mol. The summed E-state index contributed by atoms with van der Waals surface area (Å²) in [7, 11) is 3.52. The number of ether oxygens (including phenoxy) is 1. The molecule has 1 fully saturated rings. The molecule has 2 heterocycles. The van der Waals surface area contributed by atoms with E-state index in [0.29, 0.717) is 12.4 Å². The minimum atomic E-state index is 0.112. The third kappa shape index (κ3) is 3.48. The summed E-state index contributed by atoms with van der Waals surface area (Å²) >= 11 is 0. The lowest BCUT2D eigenvalue weighted by Gasteiger charge is -2.27. The minimum absolute atomic E-state index is 0.112. The van der Waals surface area contributed by atoms with Crippen LogP contribution in [-0.2, 0) is 4.79 Å². The van der Waals surface area contributed by atoms with Crippen molar-refractivity contribution in [3.63, 3.8) is 0 Å². The maximum absolute atomic E-state index is 12.7. The highest BCUT2D eigenvalue weighted by Crippen LogP contribution is 2.32. The van der Waals surface area contributed by atoms with Crippen LogP contribution in [0.3, 0.4) is 0 Å². The summed E-state index contributed by atoms with van der Waals surface area (Å²) in [5, 5.41) is 0. The zero-order valence-corrected chi connectivity index (χ0v) is 14.1. The number of likely N-dealkylation sites (tertiary alicyclic amines) is 1. The molecular formula is C18H22N4O2. The van der Waals surface area contributed by atoms with Gasteiger partial charge in [-0.3, -0.25) is 9.78 Å². The smallest absolute Gasteiger partial charge is 0.242 e. The summed E-state index contributed by atoms with van der Waals surface area (Å²) in [6, 6.07) is 8.12. The molecule has 6 nitrogen and oxygen atoms in total. The lowest BCUT2D eigenvalue weighted by Crippen LogP contribution is -2.39. The van der Waals surface area contributed by atoms with Crippen LogP contribution in [0.5, 0.6) is 5.75 Å². The van der Waals surface area contributed by atoms with E-state index in [4.69, 9.17) is 4.74 Å². The number of carbonyl (C=O) groups is 1. The van der Waals surface area contributed by atoms with Crippen molar-refractivity contribution in [2.45, 2.75) is 18.9 Å². The van der Waals surface area contributed by atoms with E-state index in [-0.39, 0.29) is 11.9 Å². The number of hydrogen-bond acceptors (Lipinski definition) is 5. The fourth-order valence-corrected chi connectivity index (χ4v) is 3.10. The van der Waals surface area contributed by atoms with Crippen LogP contribution in [0.1, 0.15) is 24.4 Å². The third-order valence-electron chi connectivity index (χ3n) is 4.39. The van der Waals surface area contributed by atoms with Gasteiger partial charge in [0.25, 0.3) is 0 Å². The van der Waals surface area contributed by atoms with Crippen LogP contribution in [0.4, 0.5) is 5.82 Å². The van der Waals surface area contributed by atoms with E-state index in [1.807, 2.05) is 41.1 Å². The van der Waals surface area contributed by atoms with Gasteiger partial charge in [0.1, 0.15) is 11.6 Å². The molecule has 2 aromatic rings. The van der Waals surface area contributed by atoms with Gasteiger partial charge in [0.05, 0.1) is 25.9 Å². The predicted molar refractivity (Wildman–Crippen MR) is 92.0 cm³/mol. The Morgan fingerprint density at radius 1 is 1.33 bits per heavy atom. The highest BCUT2D eigenvalue weighted by atomic mass is 16.5. The molecule has 24 heavy (non-hydrogen) atoms. The van der Waals surface area contributed by atoms with Gasteiger partial charge in [-0.05, 0) is 30.5 Å². The second-order valence-corrected chi connectivity index (χ2v) is 5.94. The van der Waals surface area contributed by atoms with Crippen LogP contribution >= 0.6 is 0 Å². The first-order chi connectivity index (χ1) is 11.7. The van der Waals surface area contributed by atoms with Gasteiger partial charge in [0.2, 0.25) is 5.91 Å². The number of rotatable bonds is 5. The molecule has 1 saturated heterocycles. The van der Waals surface area contributed by atoms with Crippen molar-refractivity contribution in [3.8, 4) is 5.75 Å². The van der Waals surface area contributed by atoms with Gasteiger partial charge >= 0.3 is 0 Å². The van der Waals surface area contributed by atoms with Crippen molar-refractivity contribution < 1.29 is 9.53 Å². The molecule has 1 amide bonds. The summed E-state index contributed by atoms with van der Waals surface area (Å²) in [5.74, 6) is 1.64. The zero-order valence-electron chi connectivity index (χ0n) is 14.1. The molecule has 0 unspecified atom stereocenters. The molecule has 0 spiro atoms. The van der Waals surface area contributed by atoms with Crippen LogP contribution in [0.15, 0.2) is 42.9 Å². The van der Waals surface area contributed by atoms with Crippen molar-refractivity contribution in [2.24, 2.45) is 0 Å². The molecule has 1 aliphatic rings. The molecule has 126 valence electrons. The normalized spacial score (nSPS) is 16.9. The average Bonchev–Trinajstić information content (AvgIpc) is 3.12. The number of benzene rings is 1. The summed E-state index contributed by atoms with van der Waals surface area (Å²) in [5.41, 5.74) is 1.16. The SMILES string of the molecule is COc1ccc([C@@H]2CCCN2C(=O)CN(C)c2cnccn2)cc1. The molecule has 0 radical (unpaired) electrons. The molecule has 0 saturated carbocycles. The Hall–Kier alpha value is -2.63. The van der Waals surface area contributed by atoms with Gasteiger partial charge in [-0.15, -0.1) is 0 Å². The lowest BCUT2D eigenvalue weighted by atomic mass is 10.0. The van der Waals surface area contributed by atoms with Gasteiger partial charge in [-0.25, -0.2) is 4.98 Å². The number of carbonyl (C=O) groups excluding carboxylic acids is 1. The Kier molecular flexibility index (Phi) is 4.93. The van der Waals surface area contributed by atoms with E-state index in [1.165, 1.54) is 0 Å². The summed E-state index contributed by atoms with van der Waals surface area (Å²) in [6.07, 6.45) is 6.94. The molecule has 0 N–H and O–H groups in total. The quantitative estimate of drug-likeness (QED) is 0.844. The summed E-state index contributed by atoms with van der Waals surface area (Å²) < 4.78 is 5.21. The van der Waals surface area contributed by atoms with E-state index < -0.39 is 0 Å². The van der Waals surface area contributed by atoms with Gasteiger partial charge in [0, 0.05) is 26.0 Å². The van der Waals surface area contributed by atoms with E-state index in [2.05, 4.69) is 9.97 Å². The number of likely N-dealkylation sites (N-methyl/N-ethyl adjacent to an activating group) is 1. The largest absolute Gasteiger partial charge is 0.497 e. The first kappa shape index (κ1) is 16.2. The molecular weight excluding hydrogens is 304 g/mol. The number of amides is 1. The second kappa shape index (κ2) is 7.29. The first-order valence-corrected chi connectivity index (χ1v) is 8.09. The topological polar surface area (TPSA) is 58.6 Å². The fourth-order valence-electron chi connectivity index (χ4n) is 3.10. The van der Waals surface area contributed by atoms with Crippen molar-refractivity contribution in [1.29, 1.82) is 0 Å². The van der Waals surface area contributed by atoms with Crippen LogP contribution in [0, 0.1) is 0 Å². The summed E-state index contributed by atoms with van der Waals surface area (Å²) in [4.78, 5) is 24.8. The molecule has 1 atom stereocenters. The molecule has 6 heteroatoms. The third-order valence-corrected chi connectivity index (χ3v) is 4.39. The van der Waals surface area contributed by atoms with E-state index in [0.717, 1.165) is 30.7 Å². The Balaban J connectivity index is 1.69. The van der Waals surface area contributed by atoms with Gasteiger partial charge < -0.3 is 14.5 Å². The molecule has 1 aliphatic heterocycles. The molecule has 1 aromatic carbocycles. The van der Waals surface area contributed by atoms with E-state index >= 15 is 0 Å². The van der Waals surface area contributed by atoms with Crippen molar-refractivity contribution in [2.75, 3.05) is 32.1 Å². The van der Waals surface area contributed by atoms with Crippen LogP contribution < -0.4 is 9.64 Å². The second-order valence-electron chi connectivity index (χ2n) is 5.94. The molecule has 0 bridgehead atoms. The number of hydrogen-bond donors (Lipinski definition) is 0. The van der Waals surface area contributed by atoms with Crippen molar-refractivity contribution >= 4 is 11.7 Å². The molecule has 1 aromatic heterocycles. The Morgan fingerprint density at radius 3 is 2.79 bits per heavy atom. The number of nitrogens with zero attached hydrogens (tertiary/aromatic N) is 4. The van der Waals surface area contributed by atoms with E-state index in [1.54, 1.807) is 25.7 Å². The minimum Gasteiger partial charge on any atom is -0.497 e. The van der Waals surface area contributed by atoms with Crippen molar-refractivity contribution in [1.82, 2.24) is 14.9 Å². The van der Waals surface area contributed by atoms with Crippen LogP contribution in [0.25, 0.3) is 0 Å². The Bertz CT molecular complexity index is 675. The van der Waals surface area contributed by atoms with Gasteiger partial charge in [0.15, 0.2) is 0 Å². The first-order valence-electron chi connectivity index (χ1n) is 8.09. The zero-order chi connectivity index (χ0) is 16.9. The van der Waals surface area contributed by atoms with Crippen LogP contribution in [0.2, 0.25) is 0 Å². The van der Waals surface area contributed by atoms with Crippen molar-refractivity contribution in [3.05, 3.63) is 48.4 Å². The fraction of sp³-hybridized carbons (Fsp3) is 0.389.